The minimum absolute atomic E-state index is 0.00896. The number of piperidine rings is 1. The summed E-state index contributed by atoms with van der Waals surface area (Å²) in [5.41, 5.74) is 0.133. The Morgan fingerprint density at radius 3 is 2.74 bits per heavy atom. The lowest BCUT2D eigenvalue weighted by molar-refractivity contribution is -0.134. The van der Waals surface area contributed by atoms with Crippen LogP contribution in [0.25, 0.3) is 0 Å². The highest BCUT2D eigenvalue weighted by atomic mass is 19.1. The Morgan fingerprint density at radius 1 is 1.30 bits per heavy atom. The second-order valence-corrected chi connectivity index (χ2v) is 6.23. The van der Waals surface area contributed by atoms with Crippen LogP contribution in [0, 0.1) is 5.82 Å². The number of nitrogens with one attached hydrogen (secondary N) is 4. The summed E-state index contributed by atoms with van der Waals surface area (Å²) in [6.07, 6.45) is 2.14. The van der Waals surface area contributed by atoms with Crippen molar-refractivity contribution < 1.29 is 23.6 Å². The second kappa shape index (κ2) is 9.65. The third-order valence-corrected chi connectivity index (χ3v) is 4.06. The molecule has 4 N–H and O–H groups in total. The van der Waals surface area contributed by atoms with Crippen LogP contribution in [0.3, 0.4) is 0 Å². The molecule has 1 aromatic carbocycles. The quantitative estimate of drug-likeness (QED) is 0.392. The fourth-order valence-electron chi connectivity index (χ4n) is 2.53. The van der Waals surface area contributed by atoms with Crippen LogP contribution in [0.4, 0.5) is 10.1 Å². The van der Waals surface area contributed by atoms with Gasteiger partial charge >= 0.3 is 0 Å². The van der Waals surface area contributed by atoms with Crippen LogP contribution in [-0.4, -0.2) is 42.8 Å². The minimum Gasteiger partial charge on any atom is -0.376 e. The molecule has 1 aromatic rings. The number of unbranched alkanes of at least 4 members (excludes halogenated alkanes) is 1. The van der Waals surface area contributed by atoms with Crippen LogP contribution < -0.4 is 21.3 Å². The molecule has 1 fully saturated rings. The van der Waals surface area contributed by atoms with E-state index in [1.807, 2.05) is 6.92 Å². The molecule has 1 atom stereocenters. The SMILES string of the molecule is CCCCNC(=O)CNc1ccc(C(=O)NC2CCC(=O)NC2=O)c(F)c1. The van der Waals surface area contributed by atoms with E-state index in [0.29, 0.717) is 12.2 Å². The highest BCUT2D eigenvalue weighted by molar-refractivity contribution is 6.03. The van der Waals surface area contributed by atoms with Crippen LogP contribution in [0.15, 0.2) is 18.2 Å². The number of halogens is 1. The normalized spacial score (nSPS) is 16.4. The van der Waals surface area contributed by atoms with E-state index in [4.69, 9.17) is 0 Å². The van der Waals surface area contributed by atoms with Gasteiger partial charge in [0, 0.05) is 18.7 Å². The molecule has 2 rings (SSSR count). The van der Waals surface area contributed by atoms with E-state index in [-0.39, 0.29) is 30.9 Å². The third-order valence-electron chi connectivity index (χ3n) is 4.06. The maximum absolute atomic E-state index is 14.2. The molecule has 8 nitrogen and oxygen atoms in total. The Bertz CT molecular complexity index is 738. The Balaban J connectivity index is 1.89. The Labute approximate surface area is 156 Å². The summed E-state index contributed by atoms with van der Waals surface area (Å²) in [6.45, 7) is 2.60. The van der Waals surface area contributed by atoms with E-state index in [1.54, 1.807) is 0 Å². The number of anilines is 1. The lowest BCUT2D eigenvalue weighted by Gasteiger charge is -2.21. The zero-order valence-electron chi connectivity index (χ0n) is 15.1. The van der Waals surface area contributed by atoms with Crippen molar-refractivity contribution in [3.05, 3.63) is 29.6 Å². The van der Waals surface area contributed by atoms with Gasteiger partial charge in [0.1, 0.15) is 11.9 Å². The van der Waals surface area contributed by atoms with E-state index < -0.39 is 29.6 Å². The first-order valence-electron chi connectivity index (χ1n) is 8.85. The monoisotopic (exact) mass is 378 g/mol. The Kier molecular flexibility index (Phi) is 7.27. The summed E-state index contributed by atoms with van der Waals surface area (Å²) in [5.74, 6) is -2.73. The second-order valence-electron chi connectivity index (χ2n) is 6.23. The zero-order chi connectivity index (χ0) is 19.8. The number of imide groups is 1. The molecule has 1 aliphatic heterocycles. The Hall–Kier alpha value is -2.97. The molecular weight excluding hydrogens is 355 g/mol. The predicted octanol–water partition coefficient (Wildman–Crippen LogP) is 0.689. The van der Waals surface area contributed by atoms with E-state index in [2.05, 4.69) is 21.3 Å². The summed E-state index contributed by atoms with van der Waals surface area (Å²) < 4.78 is 14.2. The first-order chi connectivity index (χ1) is 12.9. The largest absolute Gasteiger partial charge is 0.376 e. The molecule has 27 heavy (non-hydrogen) atoms. The first-order valence-corrected chi connectivity index (χ1v) is 8.85. The average molecular weight is 378 g/mol. The highest BCUT2D eigenvalue weighted by Gasteiger charge is 2.28. The summed E-state index contributed by atoms with van der Waals surface area (Å²) in [4.78, 5) is 46.6. The number of benzene rings is 1. The number of hydrogen-bond donors (Lipinski definition) is 4. The van der Waals surface area contributed by atoms with Crippen molar-refractivity contribution in [2.24, 2.45) is 0 Å². The smallest absolute Gasteiger partial charge is 0.254 e. The molecule has 1 aliphatic rings. The van der Waals surface area contributed by atoms with Gasteiger partial charge in [-0.1, -0.05) is 13.3 Å². The van der Waals surface area contributed by atoms with Gasteiger partial charge < -0.3 is 16.0 Å². The van der Waals surface area contributed by atoms with Crippen LogP contribution in [0.2, 0.25) is 0 Å². The predicted molar refractivity (Wildman–Crippen MR) is 96.4 cm³/mol. The maximum Gasteiger partial charge on any atom is 0.254 e. The van der Waals surface area contributed by atoms with E-state index in [1.165, 1.54) is 12.1 Å². The molecule has 146 valence electrons. The molecule has 9 heteroatoms. The van der Waals surface area contributed by atoms with Gasteiger partial charge in [0.05, 0.1) is 12.1 Å². The van der Waals surface area contributed by atoms with Crippen molar-refractivity contribution in [2.45, 2.75) is 38.6 Å². The molecule has 0 radical (unpaired) electrons. The number of carbonyl (C=O) groups excluding carboxylic acids is 4. The molecular formula is C18H23FN4O4. The van der Waals surface area contributed by atoms with Crippen LogP contribution in [-0.2, 0) is 14.4 Å². The zero-order valence-corrected chi connectivity index (χ0v) is 15.1. The number of amides is 4. The topological polar surface area (TPSA) is 116 Å². The molecule has 1 saturated heterocycles. The third kappa shape index (κ3) is 6.05. The molecule has 0 aliphatic carbocycles. The van der Waals surface area contributed by atoms with Crippen molar-refractivity contribution in [2.75, 3.05) is 18.4 Å². The fraction of sp³-hybridized carbons (Fsp3) is 0.444. The summed E-state index contributed by atoms with van der Waals surface area (Å²) in [7, 11) is 0. The minimum atomic E-state index is -0.876. The van der Waals surface area contributed by atoms with Gasteiger partial charge in [-0.15, -0.1) is 0 Å². The highest BCUT2D eigenvalue weighted by Crippen LogP contribution is 2.15. The van der Waals surface area contributed by atoms with Gasteiger partial charge in [0.2, 0.25) is 17.7 Å². The molecule has 0 saturated carbocycles. The van der Waals surface area contributed by atoms with E-state index >= 15 is 0 Å². The number of rotatable bonds is 8. The summed E-state index contributed by atoms with van der Waals surface area (Å²) in [6, 6.07) is 2.98. The average Bonchev–Trinajstić information content (AvgIpc) is 2.62. The van der Waals surface area contributed by atoms with Crippen LogP contribution >= 0.6 is 0 Å². The standard InChI is InChI=1S/C18H23FN4O4/c1-2-3-8-20-16(25)10-21-11-4-5-12(13(19)9-11)17(26)22-14-6-7-15(24)23-18(14)27/h4-5,9,14,21H,2-3,6-8,10H2,1H3,(H,20,25)(H,22,26)(H,23,24,27). The van der Waals surface area contributed by atoms with Crippen molar-refractivity contribution >= 4 is 29.3 Å². The molecule has 0 bridgehead atoms. The molecule has 0 spiro atoms. The van der Waals surface area contributed by atoms with Crippen molar-refractivity contribution in [1.82, 2.24) is 16.0 Å². The van der Waals surface area contributed by atoms with Gasteiger partial charge in [-0.3, -0.25) is 24.5 Å². The number of hydrogen-bond acceptors (Lipinski definition) is 5. The van der Waals surface area contributed by atoms with Crippen molar-refractivity contribution in [3.63, 3.8) is 0 Å². The van der Waals surface area contributed by atoms with Gasteiger partial charge in [0.25, 0.3) is 5.91 Å². The number of carbonyl (C=O) groups is 4. The van der Waals surface area contributed by atoms with Gasteiger partial charge in [-0.05, 0) is 31.0 Å². The summed E-state index contributed by atoms with van der Waals surface area (Å²) in [5, 5.41) is 10.1. The molecule has 0 aromatic heterocycles. The van der Waals surface area contributed by atoms with Crippen molar-refractivity contribution in [3.8, 4) is 0 Å². The van der Waals surface area contributed by atoms with Crippen LogP contribution in [0.1, 0.15) is 43.0 Å². The van der Waals surface area contributed by atoms with Gasteiger partial charge in [-0.25, -0.2) is 4.39 Å². The summed E-state index contributed by atoms with van der Waals surface area (Å²) >= 11 is 0. The lowest BCUT2D eigenvalue weighted by Crippen LogP contribution is -2.52. The molecule has 1 unspecified atom stereocenters. The van der Waals surface area contributed by atoms with Crippen LogP contribution in [0.5, 0.6) is 0 Å². The maximum atomic E-state index is 14.2. The van der Waals surface area contributed by atoms with Gasteiger partial charge in [-0.2, -0.15) is 0 Å². The van der Waals surface area contributed by atoms with E-state index in [0.717, 1.165) is 18.9 Å². The lowest BCUT2D eigenvalue weighted by atomic mass is 10.1. The Morgan fingerprint density at radius 2 is 2.07 bits per heavy atom. The first kappa shape index (κ1) is 20.3. The molecule has 4 amide bonds. The fourth-order valence-corrected chi connectivity index (χ4v) is 2.53. The van der Waals surface area contributed by atoms with Crippen molar-refractivity contribution in [1.29, 1.82) is 0 Å². The van der Waals surface area contributed by atoms with E-state index in [9.17, 15) is 23.6 Å². The molecule has 1 heterocycles. The van der Waals surface area contributed by atoms with Gasteiger partial charge in [0.15, 0.2) is 0 Å².